The van der Waals surface area contributed by atoms with Gasteiger partial charge >= 0.3 is 0 Å². The minimum absolute atomic E-state index is 0.0352. The second-order valence-corrected chi connectivity index (χ2v) is 7.40. The van der Waals surface area contributed by atoms with Crippen LogP contribution in [-0.2, 0) is 9.84 Å². The van der Waals surface area contributed by atoms with Crippen molar-refractivity contribution >= 4 is 9.84 Å². The molecule has 2 rings (SSSR count). The van der Waals surface area contributed by atoms with E-state index in [4.69, 9.17) is 0 Å². The maximum atomic E-state index is 12.2. The van der Waals surface area contributed by atoms with Gasteiger partial charge in [0.25, 0.3) is 0 Å². The van der Waals surface area contributed by atoms with Crippen LogP contribution in [0.3, 0.4) is 0 Å². The molecule has 1 aromatic rings. The molecule has 1 N–H and O–H groups in total. The van der Waals surface area contributed by atoms with Gasteiger partial charge in [-0.3, -0.25) is 0 Å². The number of sulfone groups is 1. The van der Waals surface area contributed by atoms with E-state index in [1.54, 1.807) is 44.2 Å². The van der Waals surface area contributed by atoms with Gasteiger partial charge in [-0.05, 0) is 38.8 Å². The fourth-order valence-electron chi connectivity index (χ4n) is 2.16. The third kappa shape index (κ3) is 2.38. The van der Waals surface area contributed by atoms with Gasteiger partial charge in [0, 0.05) is 5.41 Å². The van der Waals surface area contributed by atoms with Crippen molar-refractivity contribution in [1.82, 2.24) is 0 Å². The van der Waals surface area contributed by atoms with Crippen LogP contribution >= 0.6 is 0 Å². The first-order valence-electron chi connectivity index (χ1n) is 5.77. The summed E-state index contributed by atoms with van der Waals surface area (Å²) in [5, 5.41) is 10.1. The monoisotopic (exact) mass is 254 g/mol. The van der Waals surface area contributed by atoms with Gasteiger partial charge < -0.3 is 5.11 Å². The quantitative estimate of drug-likeness (QED) is 0.894. The van der Waals surface area contributed by atoms with E-state index >= 15 is 0 Å². The van der Waals surface area contributed by atoms with Crippen molar-refractivity contribution in [2.45, 2.75) is 37.2 Å². The summed E-state index contributed by atoms with van der Waals surface area (Å²) in [5.74, 6) is 0.0352. The van der Waals surface area contributed by atoms with Crippen LogP contribution in [0.25, 0.3) is 0 Å². The zero-order valence-electron chi connectivity index (χ0n) is 10.2. The van der Waals surface area contributed by atoms with Crippen molar-refractivity contribution in [3.63, 3.8) is 0 Å². The van der Waals surface area contributed by atoms with Gasteiger partial charge in [-0.25, -0.2) is 8.42 Å². The highest BCUT2D eigenvalue weighted by molar-refractivity contribution is 7.91. The fourth-order valence-corrected chi connectivity index (χ4v) is 4.27. The van der Waals surface area contributed by atoms with Crippen LogP contribution in [0.2, 0.25) is 0 Å². The molecule has 0 saturated heterocycles. The van der Waals surface area contributed by atoms with Gasteiger partial charge in [0.05, 0.1) is 16.2 Å². The Balaban J connectivity index is 2.26. The SMILES string of the molecule is CC(C)(O)C1(CS(=O)(=O)c2ccccc2)CC1. The minimum atomic E-state index is -3.30. The summed E-state index contributed by atoms with van der Waals surface area (Å²) in [5.41, 5.74) is -1.39. The highest BCUT2D eigenvalue weighted by Gasteiger charge is 2.56. The van der Waals surface area contributed by atoms with E-state index in [0.717, 1.165) is 12.8 Å². The fraction of sp³-hybridized carbons (Fsp3) is 0.538. The zero-order chi connectivity index (χ0) is 12.7. The van der Waals surface area contributed by atoms with E-state index in [9.17, 15) is 13.5 Å². The topological polar surface area (TPSA) is 54.4 Å². The predicted molar refractivity (Wildman–Crippen MR) is 66.5 cm³/mol. The zero-order valence-corrected chi connectivity index (χ0v) is 11.0. The van der Waals surface area contributed by atoms with Gasteiger partial charge in [0.1, 0.15) is 0 Å². The molecule has 0 bridgehead atoms. The predicted octanol–water partition coefficient (Wildman–Crippen LogP) is 2.01. The molecule has 0 amide bonds. The van der Waals surface area contributed by atoms with E-state index in [-0.39, 0.29) is 5.75 Å². The van der Waals surface area contributed by atoms with E-state index < -0.39 is 20.9 Å². The van der Waals surface area contributed by atoms with E-state index in [0.29, 0.717) is 4.90 Å². The highest BCUT2D eigenvalue weighted by atomic mass is 32.2. The summed E-state index contributed by atoms with van der Waals surface area (Å²) < 4.78 is 24.4. The maximum absolute atomic E-state index is 12.2. The van der Waals surface area contributed by atoms with Crippen LogP contribution in [-0.4, -0.2) is 24.9 Å². The van der Waals surface area contributed by atoms with Crippen molar-refractivity contribution in [1.29, 1.82) is 0 Å². The Morgan fingerprint density at radius 2 is 1.76 bits per heavy atom. The first-order valence-corrected chi connectivity index (χ1v) is 7.42. The first-order chi connectivity index (χ1) is 7.77. The molecule has 1 aliphatic carbocycles. The Kier molecular flexibility index (Phi) is 2.83. The number of benzene rings is 1. The molecule has 1 saturated carbocycles. The molecule has 4 heteroatoms. The van der Waals surface area contributed by atoms with Crippen molar-refractivity contribution in [3.8, 4) is 0 Å². The van der Waals surface area contributed by atoms with Gasteiger partial charge in [-0.1, -0.05) is 18.2 Å². The van der Waals surface area contributed by atoms with Crippen LogP contribution in [0.15, 0.2) is 35.2 Å². The third-order valence-corrected chi connectivity index (χ3v) is 5.64. The second-order valence-electron chi connectivity index (χ2n) is 5.41. The Morgan fingerprint density at radius 3 is 2.18 bits per heavy atom. The standard InChI is InChI=1S/C13H18O3S/c1-12(2,14)13(8-9-13)10-17(15,16)11-6-4-3-5-7-11/h3-7,14H,8-10H2,1-2H3. The smallest absolute Gasteiger partial charge is 0.179 e. The van der Waals surface area contributed by atoms with Crippen molar-refractivity contribution in [2.24, 2.45) is 5.41 Å². The maximum Gasteiger partial charge on any atom is 0.179 e. The molecule has 1 fully saturated rings. The Labute approximate surface area is 102 Å². The molecule has 0 atom stereocenters. The van der Waals surface area contributed by atoms with Gasteiger partial charge in [0.15, 0.2) is 9.84 Å². The first kappa shape index (κ1) is 12.6. The van der Waals surface area contributed by atoms with Crippen LogP contribution < -0.4 is 0 Å². The molecule has 1 aliphatic rings. The van der Waals surface area contributed by atoms with Gasteiger partial charge in [-0.15, -0.1) is 0 Å². The molecule has 3 nitrogen and oxygen atoms in total. The van der Waals surface area contributed by atoms with Crippen molar-refractivity contribution in [2.75, 3.05) is 5.75 Å². The van der Waals surface area contributed by atoms with Gasteiger partial charge in [-0.2, -0.15) is 0 Å². The normalized spacial score (nSPS) is 19.0. The lowest BCUT2D eigenvalue weighted by Crippen LogP contribution is -2.37. The summed E-state index contributed by atoms with van der Waals surface area (Å²) >= 11 is 0. The molecule has 17 heavy (non-hydrogen) atoms. The molecule has 0 radical (unpaired) electrons. The molecule has 94 valence electrons. The largest absolute Gasteiger partial charge is 0.390 e. The molecule has 0 aliphatic heterocycles. The molecule has 0 unspecified atom stereocenters. The molecule has 1 aromatic carbocycles. The Morgan fingerprint density at radius 1 is 1.24 bits per heavy atom. The average Bonchev–Trinajstić information content (AvgIpc) is 2.99. The number of rotatable bonds is 4. The summed E-state index contributed by atoms with van der Waals surface area (Å²) in [6, 6.07) is 8.44. The molecule has 0 aromatic heterocycles. The molecule has 0 heterocycles. The van der Waals surface area contributed by atoms with Crippen LogP contribution in [0, 0.1) is 5.41 Å². The molecular weight excluding hydrogens is 236 g/mol. The summed E-state index contributed by atoms with van der Waals surface area (Å²) in [4.78, 5) is 0.343. The lowest BCUT2D eigenvalue weighted by molar-refractivity contribution is 0.0126. The summed E-state index contributed by atoms with van der Waals surface area (Å²) in [6.45, 7) is 3.39. The van der Waals surface area contributed by atoms with Crippen molar-refractivity contribution in [3.05, 3.63) is 30.3 Å². The number of aliphatic hydroxyl groups is 1. The van der Waals surface area contributed by atoms with Crippen molar-refractivity contribution < 1.29 is 13.5 Å². The van der Waals surface area contributed by atoms with Crippen LogP contribution in [0.1, 0.15) is 26.7 Å². The number of hydrogen-bond donors (Lipinski definition) is 1. The lowest BCUT2D eigenvalue weighted by Gasteiger charge is -2.29. The number of hydrogen-bond acceptors (Lipinski definition) is 3. The Hall–Kier alpha value is -0.870. The Bertz CT molecular complexity index is 493. The van der Waals surface area contributed by atoms with E-state index in [1.165, 1.54) is 0 Å². The highest BCUT2D eigenvalue weighted by Crippen LogP contribution is 2.55. The summed E-state index contributed by atoms with van der Waals surface area (Å²) in [6.07, 6.45) is 1.56. The van der Waals surface area contributed by atoms with E-state index in [1.807, 2.05) is 0 Å². The van der Waals surface area contributed by atoms with Crippen LogP contribution in [0.4, 0.5) is 0 Å². The van der Waals surface area contributed by atoms with Gasteiger partial charge in [0.2, 0.25) is 0 Å². The molecule has 0 spiro atoms. The minimum Gasteiger partial charge on any atom is -0.390 e. The summed E-state index contributed by atoms with van der Waals surface area (Å²) in [7, 11) is -3.30. The molecular formula is C13H18O3S. The second kappa shape index (κ2) is 3.82. The van der Waals surface area contributed by atoms with Crippen LogP contribution in [0.5, 0.6) is 0 Å². The average molecular weight is 254 g/mol. The third-order valence-electron chi connectivity index (χ3n) is 3.72. The lowest BCUT2D eigenvalue weighted by atomic mass is 9.90. The van der Waals surface area contributed by atoms with E-state index in [2.05, 4.69) is 0 Å².